The third kappa shape index (κ3) is 3.17. The molecule has 0 aliphatic heterocycles. The van der Waals surface area contributed by atoms with Crippen molar-refractivity contribution in [3.05, 3.63) is 0 Å². The molecule has 74 valence electrons. The fourth-order valence-electron chi connectivity index (χ4n) is 1.27. The van der Waals surface area contributed by atoms with Crippen molar-refractivity contribution in [3.63, 3.8) is 0 Å². The molecule has 1 aliphatic rings. The van der Waals surface area contributed by atoms with Crippen LogP contribution in [0.25, 0.3) is 0 Å². The van der Waals surface area contributed by atoms with E-state index in [4.69, 9.17) is 0 Å². The van der Waals surface area contributed by atoms with Gasteiger partial charge in [-0.2, -0.15) is 0 Å². The number of hydrogen-bond donors (Lipinski definition) is 1. The molecule has 0 heterocycles. The van der Waals surface area contributed by atoms with E-state index in [1.807, 2.05) is 13.8 Å². The van der Waals surface area contributed by atoms with E-state index in [9.17, 15) is 9.59 Å². The molecule has 0 aromatic heterocycles. The average molecular weight is 183 g/mol. The summed E-state index contributed by atoms with van der Waals surface area (Å²) in [5.41, 5.74) is 0. The Balaban J connectivity index is 2.31. The molecule has 1 atom stereocenters. The first-order valence-electron chi connectivity index (χ1n) is 4.99. The number of carbonyl (C=O) groups excluding carboxylic acids is 2. The van der Waals surface area contributed by atoms with Crippen LogP contribution in [0.2, 0.25) is 0 Å². The molecular formula is C10H17NO2. The Morgan fingerprint density at radius 1 is 1.46 bits per heavy atom. The molecule has 0 radical (unpaired) electrons. The predicted molar refractivity (Wildman–Crippen MR) is 50.2 cm³/mol. The second-order valence-corrected chi connectivity index (χ2v) is 3.80. The van der Waals surface area contributed by atoms with Gasteiger partial charge in [-0.05, 0) is 19.3 Å². The summed E-state index contributed by atoms with van der Waals surface area (Å²) >= 11 is 0. The van der Waals surface area contributed by atoms with Crippen molar-refractivity contribution in [2.24, 2.45) is 5.92 Å². The van der Waals surface area contributed by atoms with Gasteiger partial charge in [0.15, 0.2) is 0 Å². The van der Waals surface area contributed by atoms with Crippen LogP contribution >= 0.6 is 0 Å². The summed E-state index contributed by atoms with van der Waals surface area (Å²) < 4.78 is 0. The number of hydrogen-bond acceptors (Lipinski definition) is 2. The van der Waals surface area contributed by atoms with E-state index in [0.29, 0.717) is 0 Å². The fourth-order valence-corrected chi connectivity index (χ4v) is 1.27. The minimum absolute atomic E-state index is 0.122. The minimum atomic E-state index is -0.386. The zero-order chi connectivity index (χ0) is 9.84. The molecule has 13 heavy (non-hydrogen) atoms. The van der Waals surface area contributed by atoms with E-state index in [-0.39, 0.29) is 23.7 Å². The predicted octanol–water partition coefficient (Wildman–Crippen LogP) is 1.27. The van der Waals surface area contributed by atoms with Crippen LogP contribution in [0.3, 0.4) is 0 Å². The largest absolute Gasteiger partial charge is 0.347 e. The SMILES string of the molecule is CCC[C@H](C)C(=O)C(=O)NC1CC1. The minimum Gasteiger partial charge on any atom is -0.347 e. The first-order chi connectivity index (χ1) is 6.15. The van der Waals surface area contributed by atoms with Gasteiger partial charge in [-0.1, -0.05) is 20.3 Å². The average Bonchev–Trinajstić information content (AvgIpc) is 2.87. The lowest BCUT2D eigenvalue weighted by Crippen LogP contribution is -2.35. The summed E-state index contributed by atoms with van der Waals surface area (Å²) in [6.07, 6.45) is 3.81. The van der Waals surface area contributed by atoms with E-state index in [1.54, 1.807) is 0 Å². The third-order valence-electron chi connectivity index (χ3n) is 2.31. The summed E-state index contributed by atoms with van der Waals surface area (Å²) in [5.74, 6) is -0.763. The molecule has 0 saturated heterocycles. The van der Waals surface area contributed by atoms with Crippen molar-refractivity contribution >= 4 is 11.7 Å². The quantitative estimate of drug-likeness (QED) is 0.652. The molecule has 1 aliphatic carbocycles. The van der Waals surface area contributed by atoms with Crippen molar-refractivity contribution in [3.8, 4) is 0 Å². The maximum atomic E-state index is 11.4. The summed E-state index contributed by atoms with van der Waals surface area (Å²) in [6, 6.07) is 0.283. The molecule has 0 bridgehead atoms. The topological polar surface area (TPSA) is 46.2 Å². The smallest absolute Gasteiger partial charge is 0.287 e. The van der Waals surface area contributed by atoms with Gasteiger partial charge in [-0.25, -0.2) is 0 Å². The van der Waals surface area contributed by atoms with Gasteiger partial charge < -0.3 is 5.32 Å². The van der Waals surface area contributed by atoms with Crippen LogP contribution in [0.4, 0.5) is 0 Å². The van der Waals surface area contributed by atoms with Crippen molar-refractivity contribution in [1.82, 2.24) is 5.32 Å². The Kier molecular flexibility index (Phi) is 3.46. The Bertz CT molecular complexity index is 209. The third-order valence-corrected chi connectivity index (χ3v) is 2.31. The van der Waals surface area contributed by atoms with Crippen LogP contribution < -0.4 is 5.32 Å². The zero-order valence-corrected chi connectivity index (χ0v) is 8.30. The number of carbonyl (C=O) groups is 2. The number of rotatable bonds is 5. The fraction of sp³-hybridized carbons (Fsp3) is 0.800. The van der Waals surface area contributed by atoms with Crippen LogP contribution in [0.5, 0.6) is 0 Å². The van der Waals surface area contributed by atoms with Crippen LogP contribution in [0, 0.1) is 5.92 Å². The highest BCUT2D eigenvalue weighted by Crippen LogP contribution is 2.19. The lowest BCUT2D eigenvalue weighted by atomic mass is 10.0. The maximum Gasteiger partial charge on any atom is 0.287 e. The van der Waals surface area contributed by atoms with Gasteiger partial charge in [0.05, 0.1) is 0 Å². The standard InChI is InChI=1S/C10H17NO2/c1-3-4-7(2)9(12)10(13)11-8-5-6-8/h7-8H,3-6H2,1-2H3,(H,11,13)/t7-/m0/s1. The van der Waals surface area contributed by atoms with Crippen LogP contribution in [-0.4, -0.2) is 17.7 Å². The van der Waals surface area contributed by atoms with Gasteiger partial charge in [-0.15, -0.1) is 0 Å². The molecule has 0 aromatic carbocycles. The van der Waals surface area contributed by atoms with Gasteiger partial charge in [0.1, 0.15) is 0 Å². The molecule has 1 rings (SSSR count). The zero-order valence-electron chi connectivity index (χ0n) is 8.30. The summed E-state index contributed by atoms with van der Waals surface area (Å²) in [4.78, 5) is 22.6. The first-order valence-corrected chi connectivity index (χ1v) is 4.99. The molecule has 0 spiro atoms. The van der Waals surface area contributed by atoms with Crippen molar-refractivity contribution in [2.45, 2.75) is 45.6 Å². The molecule has 1 fully saturated rings. The number of nitrogens with one attached hydrogen (secondary N) is 1. The Labute approximate surface area is 78.9 Å². The Morgan fingerprint density at radius 3 is 2.54 bits per heavy atom. The lowest BCUT2D eigenvalue weighted by molar-refractivity contribution is -0.140. The summed E-state index contributed by atoms with van der Waals surface area (Å²) in [7, 11) is 0. The number of Topliss-reactive ketones (excluding diaryl/α,β-unsaturated/α-hetero) is 1. The van der Waals surface area contributed by atoms with Gasteiger partial charge in [0.2, 0.25) is 5.78 Å². The molecular weight excluding hydrogens is 166 g/mol. The monoisotopic (exact) mass is 183 g/mol. The van der Waals surface area contributed by atoms with Gasteiger partial charge in [0.25, 0.3) is 5.91 Å². The van der Waals surface area contributed by atoms with E-state index in [2.05, 4.69) is 5.32 Å². The molecule has 0 aromatic rings. The Morgan fingerprint density at radius 2 is 2.08 bits per heavy atom. The van der Waals surface area contributed by atoms with Crippen LogP contribution in [-0.2, 0) is 9.59 Å². The molecule has 1 amide bonds. The maximum absolute atomic E-state index is 11.4. The van der Waals surface area contributed by atoms with E-state index in [0.717, 1.165) is 25.7 Å². The number of amides is 1. The van der Waals surface area contributed by atoms with Gasteiger partial charge in [0, 0.05) is 12.0 Å². The molecule has 1 saturated carbocycles. The van der Waals surface area contributed by atoms with E-state index in [1.165, 1.54) is 0 Å². The highest BCUT2D eigenvalue weighted by atomic mass is 16.2. The molecule has 0 unspecified atom stereocenters. The van der Waals surface area contributed by atoms with Crippen molar-refractivity contribution in [1.29, 1.82) is 0 Å². The second-order valence-electron chi connectivity index (χ2n) is 3.80. The first kappa shape index (κ1) is 10.2. The highest BCUT2D eigenvalue weighted by Gasteiger charge is 2.28. The van der Waals surface area contributed by atoms with E-state index >= 15 is 0 Å². The molecule has 1 N–H and O–H groups in total. The van der Waals surface area contributed by atoms with Crippen molar-refractivity contribution in [2.75, 3.05) is 0 Å². The normalized spacial score (nSPS) is 18.0. The molecule has 3 heteroatoms. The highest BCUT2D eigenvalue weighted by molar-refractivity contribution is 6.36. The summed E-state index contributed by atoms with van der Waals surface area (Å²) in [5, 5.41) is 2.70. The lowest BCUT2D eigenvalue weighted by Gasteiger charge is -2.08. The van der Waals surface area contributed by atoms with Crippen LogP contribution in [0.15, 0.2) is 0 Å². The molecule has 3 nitrogen and oxygen atoms in total. The second kappa shape index (κ2) is 4.40. The van der Waals surface area contributed by atoms with Crippen molar-refractivity contribution < 1.29 is 9.59 Å². The number of ketones is 1. The van der Waals surface area contributed by atoms with Crippen LogP contribution in [0.1, 0.15) is 39.5 Å². The van der Waals surface area contributed by atoms with E-state index < -0.39 is 0 Å². The van der Waals surface area contributed by atoms with Gasteiger partial charge >= 0.3 is 0 Å². The van der Waals surface area contributed by atoms with Gasteiger partial charge in [-0.3, -0.25) is 9.59 Å². The summed E-state index contributed by atoms with van der Waals surface area (Å²) in [6.45, 7) is 3.83. The Hall–Kier alpha value is -0.860.